The molecule has 0 amide bonds. The van der Waals surface area contributed by atoms with Crippen molar-refractivity contribution in [1.82, 2.24) is 0 Å². The molecule has 2 aliphatic carbocycles. The van der Waals surface area contributed by atoms with Gasteiger partial charge in [-0.2, -0.15) is 17.6 Å². The number of alkyl halides is 6. The molecule has 1 fully saturated rings. The smallest absolute Gasteiger partial charge is 0.276 e. The molecule has 0 aromatic rings. The minimum absolute atomic E-state index is 0.177. The third kappa shape index (κ3) is 2.13. The van der Waals surface area contributed by atoms with E-state index in [-0.39, 0.29) is 6.42 Å². The number of hydrogen-bond donors (Lipinski definition) is 0. The standard InChI is InChI=1S/C10H11F5O.CH3F/c1-2-8(11,12)16-10(15)7-4-3-6(5-7)9(10,13)14;1-2/h3-4,6-7H,2,5H2,1H3;1H3. The van der Waals surface area contributed by atoms with E-state index in [0.717, 1.165) is 13.0 Å². The summed E-state index contributed by atoms with van der Waals surface area (Å²) in [6, 6.07) is 0. The molecule has 3 unspecified atom stereocenters. The van der Waals surface area contributed by atoms with Gasteiger partial charge in [0.15, 0.2) is 0 Å². The highest BCUT2D eigenvalue weighted by atomic mass is 19.3. The maximum atomic E-state index is 14.0. The zero-order valence-corrected chi connectivity index (χ0v) is 9.90. The minimum atomic E-state index is -3.88. The number of ether oxygens (including phenoxy) is 1. The Morgan fingerprint density at radius 1 is 1.17 bits per heavy atom. The zero-order chi connectivity index (χ0) is 14.2. The Balaban J connectivity index is 0.000000771. The first-order valence-electron chi connectivity index (χ1n) is 5.44. The van der Waals surface area contributed by atoms with Crippen LogP contribution < -0.4 is 0 Å². The lowest BCUT2D eigenvalue weighted by Crippen LogP contribution is -2.52. The van der Waals surface area contributed by atoms with E-state index < -0.39 is 36.1 Å². The Kier molecular flexibility index (Phi) is 4.05. The summed E-state index contributed by atoms with van der Waals surface area (Å²) in [5.41, 5.74) is 0. The number of rotatable bonds is 3. The van der Waals surface area contributed by atoms with Crippen molar-refractivity contribution in [3.05, 3.63) is 12.2 Å². The van der Waals surface area contributed by atoms with Crippen LogP contribution in [0.5, 0.6) is 0 Å². The van der Waals surface area contributed by atoms with Crippen molar-refractivity contribution in [3.63, 3.8) is 0 Å². The summed E-state index contributed by atoms with van der Waals surface area (Å²) in [5.74, 6) is -10.1. The highest BCUT2D eigenvalue weighted by Crippen LogP contribution is 2.60. The van der Waals surface area contributed by atoms with Crippen LogP contribution in [0.15, 0.2) is 12.2 Å². The average molecular weight is 276 g/mol. The van der Waals surface area contributed by atoms with Crippen LogP contribution in [0.25, 0.3) is 0 Å². The summed E-state index contributed by atoms with van der Waals surface area (Å²) in [7, 11) is 0.500. The average Bonchev–Trinajstić information content (AvgIpc) is 2.85. The summed E-state index contributed by atoms with van der Waals surface area (Å²) in [5, 5.41) is 0. The first-order chi connectivity index (χ1) is 8.23. The van der Waals surface area contributed by atoms with Crippen LogP contribution >= 0.6 is 0 Å². The summed E-state index contributed by atoms with van der Waals surface area (Å²) in [6.45, 7) is 1.05. The van der Waals surface area contributed by atoms with Gasteiger partial charge < -0.3 is 0 Å². The van der Waals surface area contributed by atoms with Gasteiger partial charge in [0.05, 0.1) is 7.18 Å². The van der Waals surface area contributed by atoms with Gasteiger partial charge in [-0.25, -0.2) is 4.39 Å². The maximum absolute atomic E-state index is 14.0. The topological polar surface area (TPSA) is 9.23 Å². The van der Waals surface area contributed by atoms with Crippen LogP contribution in [-0.2, 0) is 4.74 Å². The second-order valence-corrected chi connectivity index (χ2v) is 4.19. The van der Waals surface area contributed by atoms with Crippen LogP contribution in [0, 0.1) is 11.8 Å². The second-order valence-electron chi connectivity index (χ2n) is 4.19. The Bertz CT molecular complexity index is 329. The zero-order valence-electron chi connectivity index (χ0n) is 9.90. The first kappa shape index (κ1) is 15.3. The summed E-state index contributed by atoms with van der Waals surface area (Å²) < 4.78 is 80.0. The third-order valence-electron chi connectivity index (χ3n) is 3.19. The van der Waals surface area contributed by atoms with E-state index in [1.54, 1.807) is 0 Å². The molecule has 0 aliphatic heterocycles. The summed E-state index contributed by atoms with van der Waals surface area (Å²) >= 11 is 0. The van der Waals surface area contributed by atoms with Crippen molar-refractivity contribution in [1.29, 1.82) is 0 Å². The number of halogens is 6. The molecular formula is C11H14F6O. The van der Waals surface area contributed by atoms with Crippen molar-refractivity contribution in [3.8, 4) is 0 Å². The van der Waals surface area contributed by atoms with E-state index in [0.29, 0.717) is 7.18 Å². The van der Waals surface area contributed by atoms with Gasteiger partial charge in [0.25, 0.3) is 5.85 Å². The Labute approximate surface area is 101 Å². The van der Waals surface area contributed by atoms with Gasteiger partial charge in [-0.05, 0) is 6.42 Å². The van der Waals surface area contributed by atoms with E-state index >= 15 is 0 Å². The molecule has 0 aromatic carbocycles. The number of fused-ring (bicyclic) bond motifs is 2. The van der Waals surface area contributed by atoms with Gasteiger partial charge in [0.2, 0.25) is 0 Å². The normalized spacial score (nSPS) is 36.4. The van der Waals surface area contributed by atoms with Crippen molar-refractivity contribution < 1.29 is 31.1 Å². The van der Waals surface area contributed by atoms with Crippen LogP contribution in [0.4, 0.5) is 26.3 Å². The molecule has 7 heteroatoms. The first-order valence-corrected chi connectivity index (χ1v) is 5.44. The van der Waals surface area contributed by atoms with Crippen molar-refractivity contribution >= 4 is 0 Å². The van der Waals surface area contributed by atoms with Gasteiger partial charge in [-0.15, -0.1) is 0 Å². The van der Waals surface area contributed by atoms with E-state index in [4.69, 9.17) is 0 Å². The fourth-order valence-corrected chi connectivity index (χ4v) is 2.18. The molecule has 0 saturated heterocycles. The number of hydrogen-bond acceptors (Lipinski definition) is 1. The minimum Gasteiger partial charge on any atom is -0.276 e. The van der Waals surface area contributed by atoms with E-state index in [1.807, 2.05) is 0 Å². The van der Waals surface area contributed by atoms with Gasteiger partial charge in [-0.3, -0.25) is 9.13 Å². The lowest BCUT2D eigenvalue weighted by Gasteiger charge is -2.36. The Morgan fingerprint density at radius 2 is 1.67 bits per heavy atom. The molecule has 0 spiro atoms. The van der Waals surface area contributed by atoms with Crippen LogP contribution in [-0.4, -0.2) is 25.1 Å². The molecule has 0 N–H and O–H groups in total. The molecule has 3 atom stereocenters. The van der Waals surface area contributed by atoms with Gasteiger partial charge >= 0.3 is 12.0 Å². The molecular weight excluding hydrogens is 262 g/mol. The third-order valence-corrected chi connectivity index (χ3v) is 3.19. The predicted molar refractivity (Wildman–Crippen MR) is 52.9 cm³/mol. The SMILES string of the molecule is CCC(F)(F)OC1(F)C2C=CC(C2)C1(F)F.CF. The Morgan fingerprint density at radius 3 is 2.06 bits per heavy atom. The van der Waals surface area contributed by atoms with E-state index in [9.17, 15) is 26.3 Å². The summed E-state index contributed by atoms with van der Waals surface area (Å²) in [4.78, 5) is 0. The van der Waals surface area contributed by atoms with Gasteiger partial charge in [0.1, 0.15) is 0 Å². The predicted octanol–water partition coefficient (Wildman–Crippen LogP) is 4.10. The highest BCUT2D eigenvalue weighted by Gasteiger charge is 2.73. The van der Waals surface area contributed by atoms with Crippen LogP contribution in [0.3, 0.4) is 0 Å². The summed E-state index contributed by atoms with van der Waals surface area (Å²) in [6.07, 6.45) is -2.53. The quantitative estimate of drug-likeness (QED) is 0.557. The molecule has 1 nitrogen and oxygen atoms in total. The van der Waals surface area contributed by atoms with Crippen molar-refractivity contribution in [2.45, 2.75) is 37.7 Å². The maximum Gasteiger partial charge on any atom is 0.358 e. The van der Waals surface area contributed by atoms with Gasteiger partial charge in [-0.1, -0.05) is 19.1 Å². The van der Waals surface area contributed by atoms with Crippen LogP contribution in [0.1, 0.15) is 19.8 Å². The lowest BCUT2D eigenvalue weighted by atomic mass is 9.97. The van der Waals surface area contributed by atoms with Gasteiger partial charge in [0, 0.05) is 18.3 Å². The van der Waals surface area contributed by atoms with Crippen molar-refractivity contribution in [2.75, 3.05) is 7.18 Å². The molecule has 2 aliphatic rings. The van der Waals surface area contributed by atoms with Crippen molar-refractivity contribution in [2.24, 2.45) is 11.8 Å². The molecule has 2 rings (SSSR count). The molecule has 0 aromatic heterocycles. The fourth-order valence-electron chi connectivity index (χ4n) is 2.18. The van der Waals surface area contributed by atoms with E-state index in [1.165, 1.54) is 6.08 Å². The molecule has 0 radical (unpaired) electrons. The highest BCUT2D eigenvalue weighted by molar-refractivity contribution is 5.22. The van der Waals surface area contributed by atoms with E-state index in [2.05, 4.69) is 4.74 Å². The molecule has 1 saturated carbocycles. The molecule has 0 heterocycles. The number of allylic oxidation sites excluding steroid dienone is 1. The molecule has 2 bridgehead atoms. The largest absolute Gasteiger partial charge is 0.358 e. The fraction of sp³-hybridized carbons (Fsp3) is 0.818. The second kappa shape index (κ2) is 4.75. The monoisotopic (exact) mass is 276 g/mol. The van der Waals surface area contributed by atoms with Crippen LogP contribution in [0.2, 0.25) is 0 Å². The molecule has 106 valence electrons. The lowest BCUT2D eigenvalue weighted by molar-refractivity contribution is -0.387. The molecule has 18 heavy (non-hydrogen) atoms. The Hall–Kier alpha value is -0.720.